The summed E-state index contributed by atoms with van der Waals surface area (Å²) in [4.78, 5) is 16.2. The lowest BCUT2D eigenvalue weighted by Crippen LogP contribution is -2.05. The summed E-state index contributed by atoms with van der Waals surface area (Å²) >= 11 is 5.86. The normalized spacial score (nSPS) is 16.4. The minimum atomic E-state index is -0.448. The molecule has 0 saturated heterocycles. The van der Waals surface area contributed by atoms with Gasteiger partial charge in [0.05, 0.1) is 0 Å². The van der Waals surface area contributed by atoms with Crippen LogP contribution in [0.15, 0.2) is 76.9 Å². The highest BCUT2D eigenvalue weighted by Gasteiger charge is 2.23. The van der Waals surface area contributed by atoms with Crippen molar-refractivity contribution >= 4 is 29.5 Å². The molecule has 0 aromatic heterocycles. The van der Waals surface area contributed by atoms with Crippen LogP contribution in [0, 0.1) is 0 Å². The lowest BCUT2D eigenvalue weighted by atomic mass is 10.1. The van der Waals surface area contributed by atoms with Crippen LogP contribution >= 0.6 is 11.6 Å². The molecule has 0 fully saturated rings. The van der Waals surface area contributed by atoms with E-state index in [-0.39, 0.29) is 0 Å². The molecule has 4 heteroatoms. The lowest BCUT2D eigenvalue weighted by molar-refractivity contribution is -0.130. The van der Waals surface area contributed by atoms with E-state index in [0.29, 0.717) is 16.6 Å². The predicted octanol–water partition coefficient (Wildman–Crippen LogP) is 4.63. The molecule has 0 amide bonds. The van der Waals surface area contributed by atoms with Gasteiger partial charge < -0.3 is 4.74 Å². The van der Waals surface area contributed by atoms with Gasteiger partial charge in [-0.25, -0.2) is 9.79 Å². The number of ether oxygens (including phenoxy) is 1. The molecule has 3 rings (SSSR count). The highest BCUT2D eigenvalue weighted by Crippen LogP contribution is 2.20. The van der Waals surface area contributed by atoms with Crippen molar-refractivity contribution in [3.05, 3.63) is 88.1 Å². The molecular formula is C19H14ClNO2. The van der Waals surface area contributed by atoms with Crippen LogP contribution in [0.1, 0.15) is 18.1 Å². The summed E-state index contributed by atoms with van der Waals surface area (Å²) in [5.74, 6) is -0.152. The van der Waals surface area contributed by atoms with E-state index >= 15 is 0 Å². The molecule has 0 bridgehead atoms. The first-order valence-electron chi connectivity index (χ1n) is 7.14. The second-order valence-electron chi connectivity index (χ2n) is 5.14. The van der Waals surface area contributed by atoms with Crippen molar-refractivity contribution < 1.29 is 9.53 Å². The first-order chi connectivity index (χ1) is 11.1. The number of halogens is 1. The molecule has 0 atom stereocenters. The number of benzene rings is 2. The highest BCUT2D eigenvalue weighted by molar-refractivity contribution is 6.30. The first kappa shape index (κ1) is 15.3. The van der Waals surface area contributed by atoms with E-state index in [0.717, 1.165) is 16.7 Å². The lowest BCUT2D eigenvalue weighted by Gasteiger charge is -1.98. The zero-order chi connectivity index (χ0) is 16.2. The fourth-order valence-electron chi connectivity index (χ4n) is 2.19. The van der Waals surface area contributed by atoms with Gasteiger partial charge in [0.25, 0.3) is 0 Å². The molecule has 1 aliphatic rings. The SMILES string of the molecule is CC(=C/c1ccccc1)/C=C1/N=C(c2ccc(Cl)cc2)OC1=O. The van der Waals surface area contributed by atoms with E-state index in [1.165, 1.54) is 0 Å². The molecule has 0 aliphatic carbocycles. The number of carbonyl (C=O) groups excluding carboxylic acids is 1. The van der Waals surface area contributed by atoms with Crippen molar-refractivity contribution in [3.63, 3.8) is 0 Å². The third-order valence-corrected chi connectivity index (χ3v) is 3.52. The molecule has 114 valence electrons. The number of cyclic esters (lactones) is 1. The number of allylic oxidation sites excluding steroid dienone is 2. The summed E-state index contributed by atoms with van der Waals surface area (Å²) in [6.45, 7) is 1.92. The average Bonchev–Trinajstić information content (AvgIpc) is 2.90. The van der Waals surface area contributed by atoms with Gasteiger partial charge in [-0.15, -0.1) is 0 Å². The van der Waals surface area contributed by atoms with Gasteiger partial charge in [0.2, 0.25) is 5.90 Å². The summed E-state index contributed by atoms with van der Waals surface area (Å²) in [6, 6.07) is 16.9. The Balaban J connectivity index is 1.86. The maximum absolute atomic E-state index is 12.0. The van der Waals surface area contributed by atoms with E-state index in [9.17, 15) is 4.79 Å². The van der Waals surface area contributed by atoms with E-state index in [2.05, 4.69) is 4.99 Å². The number of hydrogen-bond donors (Lipinski definition) is 0. The molecule has 2 aromatic rings. The fraction of sp³-hybridized carbons (Fsp3) is 0.0526. The molecule has 0 saturated carbocycles. The van der Waals surface area contributed by atoms with Gasteiger partial charge in [-0.1, -0.05) is 48.0 Å². The van der Waals surface area contributed by atoms with Gasteiger partial charge in [-0.2, -0.15) is 0 Å². The Morgan fingerprint density at radius 3 is 2.48 bits per heavy atom. The monoisotopic (exact) mass is 323 g/mol. The van der Waals surface area contributed by atoms with Crippen molar-refractivity contribution in [3.8, 4) is 0 Å². The van der Waals surface area contributed by atoms with E-state index in [4.69, 9.17) is 16.3 Å². The van der Waals surface area contributed by atoms with Gasteiger partial charge in [0.15, 0.2) is 5.70 Å². The second kappa shape index (κ2) is 6.63. The molecule has 3 nitrogen and oxygen atoms in total. The van der Waals surface area contributed by atoms with Gasteiger partial charge in [-0.3, -0.25) is 0 Å². The van der Waals surface area contributed by atoms with Crippen LogP contribution in [-0.2, 0) is 9.53 Å². The Hall–Kier alpha value is -2.65. The van der Waals surface area contributed by atoms with Gasteiger partial charge >= 0.3 is 5.97 Å². The zero-order valence-corrected chi connectivity index (χ0v) is 13.2. The van der Waals surface area contributed by atoms with Crippen LogP contribution in [0.3, 0.4) is 0 Å². The smallest absolute Gasteiger partial charge is 0.363 e. The summed E-state index contributed by atoms with van der Waals surface area (Å²) < 4.78 is 5.22. The third kappa shape index (κ3) is 3.76. The van der Waals surface area contributed by atoms with E-state index in [1.807, 2.05) is 43.3 Å². The first-order valence-corrected chi connectivity index (χ1v) is 7.51. The predicted molar refractivity (Wildman–Crippen MR) is 92.3 cm³/mol. The Labute approximate surface area is 139 Å². The highest BCUT2D eigenvalue weighted by atomic mass is 35.5. The Morgan fingerprint density at radius 2 is 1.78 bits per heavy atom. The van der Waals surface area contributed by atoms with Crippen molar-refractivity contribution in [1.29, 1.82) is 0 Å². The number of aliphatic imine (C=N–C) groups is 1. The molecule has 0 spiro atoms. The topological polar surface area (TPSA) is 38.7 Å². The molecular weight excluding hydrogens is 310 g/mol. The number of carbonyl (C=O) groups is 1. The Kier molecular flexibility index (Phi) is 4.40. The van der Waals surface area contributed by atoms with Gasteiger partial charge in [0.1, 0.15) is 0 Å². The van der Waals surface area contributed by atoms with E-state index in [1.54, 1.807) is 30.3 Å². The fourth-order valence-corrected chi connectivity index (χ4v) is 2.32. The van der Waals surface area contributed by atoms with E-state index < -0.39 is 5.97 Å². The van der Waals surface area contributed by atoms with Crippen LogP contribution < -0.4 is 0 Å². The number of hydrogen-bond acceptors (Lipinski definition) is 3. The van der Waals surface area contributed by atoms with Crippen molar-refractivity contribution in [2.45, 2.75) is 6.92 Å². The molecule has 1 heterocycles. The van der Waals surface area contributed by atoms with Crippen LogP contribution in [0.5, 0.6) is 0 Å². The summed E-state index contributed by atoms with van der Waals surface area (Å²) in [7, 11) is 0. The van der Waals surface area contributed by atoms with Crippen molar-refractivity contribution in [2.24, 2.45) is 4.99 Å². The molecule has 0 unspecified atom stereocenters. The summed E-state index contributed by atoms with van der Waals surface area (Å²) in [5, 5.41) is 0.621. The van der Waals surface area contributed by atoms with Crippen molar-refractivity contribution in [1.82, 2.24) is 0 Å². The van der Waals surface area contributed by atoms with Crippen LogP contribution in [0.4, 0.5) is 0 Å². The maximum atomic E-state index is 12.0. The van der Waals surface area contributed by atoms with Crippen LogP contribution in [0.2, 0.25) is 5.02 Å². The minimum Gasteiger partial charge on any atom is -0.402 e. The van der Waals surface area contributed by atoms with Crippen LogP contribution in [0.25, 0.3) is 6.08 Å². The maximum Gasteiger partial charge on any atom is 0.363 e. The number of nitrogens with zero attached hydrogens (tertiary/aromatic N) is 1. The molecule has 0 radical (unpaired) electrons. The third-order valence-electron chi connectivity index (χ3n) is 3.27. The number of esters is 1. The molecule has 23 heavy (non-hydrogen) atoms. The Bertz CT molecular complexity index is 818. The van der Waals surface area contributed by atoms with Crippen molar-refractivity contribution in [2.75, 3.05) is 0 Å². The standard InChI is InChI=1S/C19H14ClNO2/c1-13(11-14-5-3-2-4-6-14)12-17-19(22)23-18(21-17)15-7-9-16(20)10-8-15/h2-12H,1H3/b13-11-,17-12+. The Morgan fingerprint density at radius 1 is 1.09 bits per heavy atom. The second-order valence-corrected chi connectivity index (χ2v) is 5.58. The quantitative estimate of drug-likeness (QED) is 0.610. The molecule has 1 aliphatic heterocycles. The zero-order valence-electron chi connectivity index (χ0n) is 12.5. The van der Waals surface area contributed by atoms with Gasteiger partial charge in [0, 0.05) is 10.6 Å². The summed E-state index contributed by atoms with van der Waals surface area (Å²) in [6.07, 6.45) is 3.70. The average molecular weight is 324 g/mol. The van der Waals surface area contributed by atoms with Gasteiger partial charge in [-0.05, 0) is 48.4 Å². The number of rotatable bonds is 3. The van der Waals surface area contributed by atoms with Crippen LogP contribution in [-0.4, -0.2) is 11.9 Å². The minimum absolute atomic E-state index is 0.291. The largest absolute Gasteiger partial charge is 0.402 e. The molecule has 0 N–H and O–H groups in total. The molecule has 2 aromatic carbocycles. The summed E-state index contributed by atoms with van der Waals surface area (Å²) in [5.41, 5.74) is 3.00.